The van der Waals surface area contributed by atoms with E-state index in [9.17, 15) is 14.3 Å². The van der Waals surface area contributed by atoms with Crippen molar-refractivity contribution in [1.29, 1.82) is 0 Å². The number of hydrogen-bond donors (Lipinski definition) is 2. The van der Waals surface area contributed by atoms with Crippen molar-refractivity contribution in [2.75, 3.05) is 5.32 Å². The lowest BCUT2D eigenvalue weighted by atomic mass is 9.98. The van der Waals surface area contributed by atoms with Gasteiger partial charge in [-0.15, -0.1) is 6.58 Å². The molecule has 0 radical (unpaired) electrons. The number of phenols is 1. The molecule has 1 aliphatic heterocycles. The number of benzene rings is 2. The number of allylic oxidation sites excluding steroid dienone is 2. The van der Waals surface area contributed by atoms with Gasteiger partial charge in [0, 0.05) is 22.8 Å². The van der Waals surface area contributed by atoms with Gasteiger partial charge in [-0.2, -0.15) is 0 Å². The first-order valence-electron chi connectivity index (χ1n) is 7.19. The Morgan fingerprint density at radius 3 is 2.30 bits per heavy atom. The van der Waals surface area contributed by atoms with Gasteiger partial charge in [0.15, 0.2) is 0 Å². The van der Waals surface area contributed by atoms with E-state index in [0.29, 0.717) is 22.4 Å². The van der Waals surface area contributed by atoms with E-state index in [1.807, 2.05) is 6.92 Å². The molecule has 2 N–H and O–H groups in total. The largest absolute Gasteiger partial charge is 0.507 e. The van der Waals surface area contributed by atoms with Crippen LogP contribution in [0.4, 0.5) is 10.1 Å². The minimum Gasteiger partial charge on any atom is -0.507 e. The quantitative estimate of drug-likeness (QED) is 0.590. The van der Waals surface area contributed by atoms with Crippen molar-refractivity contribution < 1.29 is 14.3 Å². The number of carbonyl (C=O) groups excluding carboxylic acids is 1. The highest BCUT2D eigenvalue weighted by atomic mass is 19.1. The highest BCUT2D eigenvalue weighted by Gasteiger charge is 2.25. The van der Waals surface area contributed by atoms with Gasteiger partial charge < -0.3 is 10.4 Å². The summed E-state index contributed by atoms with van der Waals surface area (Å²) in [7, 11) is 0. The zero-order chi connectivity index (χ0) is 17.0. The van der Waals surface area contributed by atoms with Crippen molar-refractivity contribution >= 4 is 17.2 Å². The predicted molar refractivity (Wildman–Crippen MR) is 91.7 cm³/mol. The number of phenolic OH excluding ortho intramolecular Hbond substituents is 1. The van der Waals surface area contributed by atoms with Gasteiger partial charge in [0.05, 0.1) is 5.69 Å². The van der Waals surface area contributed by atoms with E-state index < -0.39 is 0 Å². The second kappa shape index (κ2) is 6.92. The fraction of sp³-hybridized carbons (Fsp3) is 0.105. The first-order valence-corrected chi connectivity index (χ1v) is 7.19. The SMILES string of the molecule is C/C=C1\C(=O)Nc2cc(O)c(-c3ccc(F)cc3)cc21.C=CC. The summed E-state index contributed by atoms with van der Waals surface area (Å²) in [6, 6.07) is 9.12. The third kappa shape index (κ3) is 3.31. The van der Waals surface area contributed by atoms with Crippen LogP contribution < -0.4 is 5.32 Å². The third-order valence-electron chi connectivity index (χ3n) is 3.36. The van der Waals surface area contributed by atoms with Gasteiger partial charge in [-0.05, 0) is 37.6 Å². The molecule has 0 saturated carbocycles. The van der Waals surface area contributed by atoms with Crippen molar-refractivity contribution in [1.82, 2.24) is 0 Å². The van der Waals surface area contributed by atoms with Gasteiger partial charge in [0.1, 0.15) is 11.6 Å². The van der Waals surface area contributed by atoms with Crippen LogP contribution in [0, 0.1) is 5.82 Å². The van der Waals surface area contributed by atoms with Crippen LogP contribution in [0.2, 0.25) is 0 Å². The molecule has 2 aromatic carbocycles. The fourth-order valence-electron chi connectivity index (χ4n) is 2.37. The first-order chi connectivity index (χ1) is 11.0. The smallest absolute Gasteiger partial charge is 0.256 e. The fourth-order valence-corrected chi connectivity index (χ4v) is 2.37. The molecule has 0 fully saturated rings. The Kier molecular flexibility index (Phi) is 4.96. The van der Waals surface area contributed by atoms with Gasteiger partial charge in [0.25, 0.3) is 5.91 Å². The Labute approximate surface area is 134 Å². The maximum absolute atomic E-state index is 13.0. The van der Waals surface area contributed by atoms with Crippen molar-refractivity contribution in [2.45, 2.75) is 13.8 Å². The summed E-state index contributed by atoms with van der Waals surface area (Å²) in [5.74, 6) is -0.466. The number of rotatable bonds is 1. The van der Waals surface area contributed by atoms with Crippen LogP contribution in [-0.4, -0.2) is 11.0 Å². The van der Waals surface area contributed by atoms with Crippen molar-refractivity contribution in [3.8, 4) is 16.9 Å². The molecule has 4 heteroatoms. The lowest BCUT2D eigenvalue weighted by molar-refractivity contribution is -0.110. The molecule has 0 bridgehead atoms. The molecule has 3 rings (SSSR count). The number of halogens is 1. The lowest BCUT2D eigenvalue weighted by Crippen LogP contribution is -2.03. The summed E-state index contributed by atoms with van der Waals surface area (Å²) in [5.41, 5.74) is 3.17. The maximum atomic E-state index is 13.0. The van der Waals surface area contributed by atoms with E-state index in [1.54, 1.807) is 37.3 Å². The van der Waals surface area contributed by atoms with Gasteiger partial charge >= 0.3 is 0 Å². The van der Waals surface area contributed by atoms with E-state index >= 15 is 0 Å². The number of amides is 1. The minimum atomic E-state index is -0.333. The molecule has 0 unspecified atom stereocenters. The van der Waals surface area contributed by atoms with Gasteiger partial charge in [-0.1, -0.05) is 24.3 Å². The van der Waals surface area contributed by atoms with Crippen LogP contribution >= 0.6 is 0 Å². The summed E-state index contributed by atoms with van der Waals surface area (Å²) >= 11 is 0. The van der Waals surface area contributed by atoms with Crippen LogP contribution in [0.1, 0.15) is 19.4 Å². The van der Waals surface area contributed by atoms with E-state index in [-0.39, 0.29) is 17.5 Å². The molecule has 0 spiro atoms. The van der Waals surface area contributed by atoms with E-state index in [2.05, 4.69) is 11.9 Å². The maximum Gasteiger partial charge on any atom is 0.256 e. The number of hydrogen-bond acceptors (Lipinski definition) is 2. The molecule has 1 aliphatic rings. The number of fused-ring (bicyclic) bond motifs is 1. The summed E-state index contributed by atoms with van der Waals surface area (Å²) in [6.45, 7) is 7.04. The molecular weight excluding hydrogens is 293 g/mol. The molecule has 118 valence electrons. The predicted octanol–water partition coefficient (Wildman–Crippen LogP) is 4.75. The monoisotopic (exact) mass is 311 g/mol. The number of nitrogens with one attached hydrogen (secondary N) is 1. The Morgan fingerprint density at radius 2 is 1.74 bits per heavy atom. The Hall–Kier alpha value is -2.88. The molecule has 0 atom stereocenters. The summed E-state index contributed by atoms with van der Waals surface area (Å²) in [6.07, 6.45) is 3.48. The normalized spacial score (nSPS) is 13.9. The third-order valence-corrected chi connectivity index (χ3v) is 3.36. The summed E-state index contributed by atoms with van der Waals surface area (Å²) in [4.78, 5) is 11.8. The van der Waals surface area contributed by atoms with E-state index in [4.69, 9.17) is 0 Å². The summed E-state index contributed by atoms with van der Waals surface area (Å²) in [5, 5.41) is 12.8. The molecule has 1 heterocycles. The average Bonchev–Trinajstić information content (AvgIpc) is 2.82. The highest BCUT2D eigenvalue weighted by molar-refractivity contribution is 6.31. The molecule has 3 nitrogen and oxygen atoms in total. The van der Waals surface area contributed by atoms with Gasteiger partial charge in [-0.25, -0.2) is 4.39 Å². The van der Waals surface area contributed by atoms with Gasteiger partial charge in [-0.3, -0.25) is 4.79 Å². The lowest BCUT2D eigenvalue weighted by Gasteiger charge is -2.08. The standard InChI is InChI=1S/C16H12FNO2.C3H6/c1-2-11-13-7-12(9-3-5-10(17)6-4-9)15(19)8-14(13)18-16(11)20;1-3-2/h2-8,19H,1H3,(H,18,20);3H,1H2,2H3/b11-2-;. The Morgan fingerprint density at radius 1 is 1.13 bits per heavy atom. The topological polar surface area (TPSA) is 49.3 Å². The molecule has 1 amide bonds. The molecular formula is C19H18FNO2. The number of aromatic hydroxyl groups is 1. The number of anilines is 1. The van der Waals surface area contributed by atoms with Crippen LogP contribution in [-0.2, 0) is 4.79 Å². The van der Waals surface area contributed by atoms with Crippen molar-refractivity contribution in [3.05, 3.63) is 66.5 Å². The molecule has 0 saturated heterocycles. The van der Waals surface area contributed by atoms with Gasteiger partial charge in [0.2, 0.25) is 0 Å². The van der Waals surface area contributed by atoms with E-state index in [0.717, 1.165) is 5.56 Å². The molecule has 2 aromatic rings. The zero-order valence-electron chi connectivity index (χ0n) is 13.1. The van der Waals surface area contributed by atoms with Crippen molar-refractivity contribution in [3.63, 3.8) is 0 Å². The second-order valence-corrected chi connectivity index (χ2v) is 4.99. The summed E-state index contributed by atoms with van der Waals surface area (Å²) < 4.78 is 13.0. The first kappa shape index (κ1) is 16.5. The Bertz CT molecular complexity index is 777. The zero-order valence-corrected chi connectivity index (χ0v) is 13.1. The molecule has 23 heavy (non-hydrogen) atoms. The molecule has 0 aliphatic carbocycles. The minimum absolute atomic E-state index is 0.0491. The van der Waals surface area contributed by atoms with Crippen molar-refractivity contribution in [2.24, 2.45) is 0 Å². The van der Waals surface area contributed by atoms with Crippen LogP contribution in [0.5, 0.6) is 5.75 Å². The Balaban J connectivity index is 0.000000595. The van der Waals surface area contributed by atoms with Crippen LogP contribution in [0.15, 0.2) is 55.1 Å². The van der Waals surface area contributed by atoms with Crippen LogP contribution in [0.3, 0.4) is 0 Å². The molecule has 0 aromatic heterocycles. The number of carbonyl (C=O) groups is 1. The highest BCUT2D eigenvalue weighted by Crippen LogP contribution is 2.40. The average molecular weight is 311 g/mol. The van der Waals surface area contributed by atoms with E-state index in [1.165, 1.54) is 18.2 Å². The van der Waals surface area contributed by atoms with Crippen LogP contribution in [0.25, 0.3) is 16.7 Å². The second-order valence-electron chi connectivity index (χ2n) is 4.99.